The van der Waals surface area contributed by atoms with Gasteiger partial charge in [-0.15, -0.1) is 0 Å². The lowest BCUT2D eigenvalue weighted by molar-refractivity contribution is -0.141. The quantitative estimate of drug-likeness (QED) is 0.846. The number of hydrogen-bond donors (Lipinski definition) is 1. The maximum atomic E-state index is 12.7. The Balaban J connectivity index is 1.87. The summed E-state index contributed by atoms with van der Waals surface area (Å²) in [6, 6.07) is 0.284. The van der Waals surface area contributed by atoms with Gasteiger partial charge in [-0.2, -0.15) is 0 Å². The lowest BCUT2D eigenvalue weighted by Gasteiger charge is -2.38. The third-order valence-electron chi connectivity index (χ3n) is 4.98. The zero-order chi connectivity index (χ0) is 15.2. The van der Waals surface area contributed by atoms with Gasteiger partial charge in [0.2, 0.25) is 5.91 Å². The van der Waals surface area contributed by atoms with Crippen LogP contribution in [0.4, 0.5) is 0 Å². The summed E-state index contributed by atoms with van der Waals surface area (Å²) < 4.78 is 5.58. The maximum Gasteiger partial charge on any atom is 0.223 e. The molecule has 0 saturated carbocycles. The molecule has 0 aromatic heterocycles. The highest BCUT2D eigenvalue weighted by atomic mass is 16.5. The third kappa shape index (κ3) is 4.96. The predicted molar refractivity (Wildman–Crippen MR) is 85.1 cm³/mol. The molecule has 1 amide bonds. The Kier molecular flexibility index (Phi) is 6.49. The van der Waals surface area contributed by atoms with Crippen LogP contribution in [-0.2, 0) is 9.53 Å². The average molecular weight is 296 g/mol. The van der Waals surface area contributed by atoms with E-state index in [1.807, 2.05) is 0 Å². The number of rotatable bonds is 5. The van der Waals surface area contributed by atoms with Crippen LogP contribution in [-0.4, -0.2) is 49.7 Å². The van der Waals surface area contributed by atoms with Crippen LogP contribution in [0.3, 0.4) is 0 Å². The first-order valence-corrected chi connectivity index (χ1v) is 8.66. The molecule has 0 aromatic carbocycles. The number of nitrogens with one attached hydrogen (secondary N) is 1. The summed E-state index contributed by atoms with van der Waals surface area (Å²) in [5.41, 5.74) is 0. The van der Waals surface area contributed by atoms with Crippen molar-refractivity contribution in [2.75, 3.05) is 32.8 Å². The van der Waals surface area contributed by atoms with Gasteiger partial charge in [0.15, 0.2) is 0 Å². The standard InChI is InChI=1S/C17H32N2O2/c1-13(2)10-16-12-21-9-8-19(16)17(20)11-14(3)15-4-6-18-7-5-15/h13-16,18H,4-12H2,1-3H3. The molecular weight excluding hydrogens is 264 g/mol. The van der Waals surface area contributed by atoms with Crippen LogP contribution < -0.4 is 5.32 Å². The fourth-order valence-electron chi connectivity index (χ4n) is 3.70. The molecule has 4 nitrogen and oxygen atoms in total. The first-order chi connectivity index (χ1) is 10.1. The molecule has 21 heavy (non-hydrogen) atoms. The van der Waals surface area contributed by atoms with E-state index in [9.17, 15) is 4.79 Å². The fourth-order valence-corrected chi connectivity index (χ4v) is 3.70. The van der Waals surface area contributed by atoms with Crippen molar-refractivity contribution < 1.29 is 9.53 Å². The zero-order valence-electron chi connectivity index (χ0n) is 13.9. The first-order valence-electron chi connectivity index (χ1n) is 8.66. The van der Waals surface area contributed by atoms with Gasteiger partial charge in [0.05, 0.1) is 19.3 Å². The number of nitrogens with zero attached hydrogens (tertiary/aromatic N) is 1. The van der Waals surface area contributed by atoms with Gasteiger partial charge >= 0.3 is 0 Å². The summed E-state index contributed by atoms with van der Waals surface area (Å²) in [4.78, 5) is 14.8. The molecule has 1 N–H and O–H groups in total. The number of piperidine rings is 1. The summed E-state index contributed by atoms with van der Waals surface area (Å²) in [6.07, 6.45) is 4.19. The van der Waals surface area contributed by atoms with Gasteiger partial charge < -0.3 is 15.0 Å². The van der Waals surface area contributed by atoms with Crippen molar-refractivity contribution in [3.63, 3.8) is 0 Å². The third-order valence-corrected chi connectivity index (χ3v) is 4.98. The van der Waals surface area contributed by atoms with Crippen molar-refractivity contribution in [3.8, 4) is 0 Å². The number of carbonyl (C=O) groups is 1. The van der Waals surface area contributed by atoms with Crippen LogP contribution in [0, 0.1) is 17.8 Å². The van der Waals surface area contributed by atoms with E-state index in [4.69, 9.17) is 4.74 Å². The van der Waals surface area contributed by atoms with Gasteiger partial charge in [-0.25, -0.2) is 0 Å². The largest absolute Gasteiger partial charge is 0.377 e. The summed E-state index contributed by atoms with van der Waals surface area (Å²) in [5, 5.41) is 3.40. The summed E-state index contributed by atoms with van der Waals surface area (Å²) in [7, 11) is 0. The molecule has 0 aliphatic carbocycles. The molecule has 0 radical (unpaired) electrons. The summed E-state index contributed by atoms with van der Waals surface area (Å²) in [6.45, 7) is 11.1. The Morgan fingerprint density at radius 3 is 2.67 bits per heavy atom. The number of carbonyl (C=O) groups excluding carboxylic acids is 1. The van der Waals surface area contributed by atoms with Crippen LogP contribution in [0.5, 0.6) is 0 Å². The predicted octanol–water partition coefficient (Wildman–Crippen LogP) is 2.29. The van der Waals surface area contributed by atoms with Crippen LogP contribution in [0.25, 0.3) is 0 Å². The zero-order valence-corrected chi connectivity index (χ0v) is 13.9. The van der Waals surface area contributed by atoms with Crippen LogP contribution in [0.15, 0.2) is 0 Å². The minimum atomic E-state index is 0.284. The lowest BCUT2D eigenvalue weighted by atomic mass is 9.83. The maximum absolute atomic E-state index is 12.7. The topological polar surface area (TPSA) is 41.6 Å². The van der Waals surface area contributed by atoms with Crippen molar-refractivity contribution >= 4 is 5.91 Å². The SMILES string of the molecule is CC(C)CC1COCCN1C(=O)CC(C)C1CCNCC1. The van der Waals surface area contributed by atoms with E-state index in [0.29, 0.717) is 43.3 Å². The second-order valence-corrected chi connectivity index (χ2v) is 7.21. The van der Waals surface area contributed by atoms with Gasteiger partial charge in [0, 0.05) is 13.0 Å². The Labute approximate surface area is 129 Å². The van der Waals surface area contributed by atoms with E-state index in [-0.39, 0.29) is 6.04 Å². The molecule has 122 valence electrons. The van der Waals surface area contributed by atoms with Crippen molar-refractivity contribution in [2.24, 2.45) is 17.8 Å². The number of hydrogen-bond acceptors (Lipinski definition) is 3. The molecule has 2 heterocycles. The van der Waals surface area contributed by atoms with Crippen molar-refractivity contribution in [1.82, 2.24) is 10.2 Å². The minimum Gasteiger partial charge on any atom is -0.377 e. The molecular formula is C17H32N2O2. The van der Waals surface area contributed by atoms with Gasteiger partial charge in [-0.1, -0.05) is 20.8 Å². The van der Waals surface area contributed by atoms with Gasteiger partial charge in [0.1, 0.15) is 0 Å². The van der Waals surface area contributed by atoms with Crippen LogP contribution >= 0.6 is 0 Å². The molecule has 2 aliphatic rings. The number of ether oxygens (including phenoxy) is 1. The number of amides is 1. The van der Waals surface area contributed by atoms with Crippen molar-refractivity contribution in [2.45, 2.75) is 52.5 Å². The summed E-state index contributed by atoms with van der Waals surface area (Å²) in [5.74, 6) is 2.16. The van der Waals surface area contributed by atoms with Gasteiger partial charge in [-0.05, 0) is 50.1 Å². The number of morpholine rings is 1. The Morgan fingerprint density at radius 1 is 1.29 bits per heavy atom. The molecule has 2 saturated heterocycles. The Hall–Kier alpha value is -0.610. The van der Waals surface area contributed by atoms with E-state index in [2.05, 4.69) is 31.0 Å². The molecule has 2 rings (SSSR count). The minimum absolute atomic E-state index is 0.284. The normalized spacial score (nSPS) is 26.1. The molecule has 2 unspecified atom stereocenters. The van der Waals surface area contributed by atoms with E-state index in [0.717, 1.165) is 26.1 Å². The van der Waals surface area contributed by atoms with E-state index in [1.165, 1.54) is 12.8 Å². The molecule has 2 fully saturated rings. The smallest absolute Gasteiger partial charge is 0.223 e. The fraction of sp³-hybridized carbons (Fsp3) is 0.941. The molecule has 2 aliphatic heterocycles. The second kappa shape index (κ2) is 8.14. The van der Waals surface area contributed by atoms with E-state index >= 15 is 0 Å². The highest BCUT2D eigenvalue weighted by Gasteiger charge is 2.30. The Bertz CT molecular complexity index is 327. The van der Waals surface area contributed by atoms with E-state index < -0.39 is 0 Å². The molecule has 4 heteroatoms. The van der Waals surface area contributed by atoms with Crippen molar-refractivity contribution in [1.29, 1.82) is 0 Å². The van der Waals surface area contributed by atoms with Crippen LogP contribution in [0.1, 0.15) is 46.5 Å². The highest BCUT2D eigenvalue weighted by molar-refractivity contribution is 5.77. The summed E-state index contributed by atoms with van der Waals surface area (Å²) >= 11 is 0. The lowest BCUT2D eigenvalue weighted by Crippen LogP contribution is -2.49. The molecule has 2 atom stereocenters. The molecule has 0 aromatic rings. The second-order valence-electron chi connectivity index (χ2n) is 7.21. The monoisotopic (exact) mass is 296 g/mol. The Morgan fingerprint density at radius 2 is 2.00 bits per heavy atom. The highest BCUT2D eigenvalue weighted by Crippen LogP contribution is 2.26. The molecule has 0 bridgehead atoms. The van der Waals surface area contributed by atoms with Crippen LogP contribution in [0.2, 0.25) is 0 Å². The first kappa shape index (κ1) is 16.8. The van der Waals surface area contributed by atoms with Crippen molar-refractivity contribution in [3.05, 3.63) is 0 Å². The average Bonchev–Trinajstić information content (AvgIpc) is 2.48. The van der Waals surface area contributed by atoms with Gasteiger partial charge in [-0.3, -0.25) is 4.79 Å². The molecule has 0 spiro atoms. The van der Waals surface area contributed by atoms with Gasteiger partial charge in [0.25, 0.3) is 0 Å². The van der Waals surface area contributed by atoms with E-state index in [1.54, 1.807) is 0 Å².